The summed E-state index contributed by atoms with van der Waals surface area (Å²) in [6.07, 6.45) is 3.46. The summed E-state index contributed by atoms with van der Waals surface area (Å²) in [7, 11) is 3.32. The van der Waals surface area contributed by atoms with Crippen LogP contribution in [0.15, 0.2) is 12.0 Å². The highest BCUT2D eigenvalue weighted by Crippen LogP contribution is 2.27. The lowest BCUT2D eigenvalue weighted by Gasteiger charge is -2.37. The Hall–Kier alpha value is -1.18. The van der Waals surface area contributed by atoms with Gasteiger partial charge < -0.3 is 72.2 Å². The van der Waals surface area contributed by atoms with Crippen LogP contribution in [0.5, 0.6) is 0 Å². The summed E-state index contributed by atoms with van der Waals surface area (Å²) in [5.74, 6) is -0.461. The van der Waals surface area contributed by atoms with E-state index in [1.807, 2.05) is 0 Å². The molecular formula is C32H54O15. The van der Waals surface area contributed by atoms with Gasteiger partial charge in [-0.1, -0.05) is 0 Å². The first-order valence-electron chi connectivity index (χ1n) is 17.0. The van der Waals surface area contributed by atoms with Gasteiger partial charge in [-0.25, -0.2) is 0 Å². The Morgan fingerprint density at radius 1 is 0.596 bits per heavy atom. The van der Waals surface area contributed by atoms with Gasteiger partial charge in [0, 0.05) is 46.3 Å². The van der Waals surface area contributed by atoms with E-state index in [4.69, 9.17) is 56.8 Å². The molecule has 0 aliphatic carbocycles. The van der Waals surface area contributed by atoms with Gasteiger partial charge in [0.05, 0.1) is 64.1 Å². The Balaban J connectivity index is 0.933. The van der Waals surface area contributed by atoms with Crippen molar-refractivity contribution in [2.75, 3.05) is 53.9 Å². The summed E-state index contributed by atoms with van der Waals surface area (Å²) < 4.78 is 68.9. The molecule has 5 rings (SSSR count). The van der Waals surface area contributed by atoms with Crippen LogP contribution in [0.25, 0.3) is 0 Å². The Kier molecular flexibility index (Phi) is 15.2. The highest BCUT2D eigenvalue weighted by atomic mass is 16.7. The summed E-state index contributed by atoms with van der Waals surface area (Å²) in [6, 6.07) is 0. The molecule has 0 amide bonds. The standard InChI is InChI=1S/C32H54O15/c1-36-20-3-9-28(40-14-20)45-23-6-11-30(42-17-23)46-24-7-12-31(43-18-24)47-26(13-33)32(35)25(34)19-38-21-4-10-29(41-15-21)44-22-5-8-27(37-2)39-16-22/h19-24,26-35H,3-18H2,1-2H3/b25-19+. The van der Waals surface area contributed by atoms with Crippen LogP contribution in [-0.4, -0.2) is 143 Å². The monoisotopic (exact) mass is 678 g/mol. The Morgan fingerprint density at radius 2 is 1.02 bits per heavy atom. The van der Waals surface area contributed by atoms with E-state index in [1.54, 1.807) is 14.2 Å². The molecule has 272 valence electrons. The lowest BCUT2D eigenvalue weighted by molar-refractivity contribution is -0.277. The third-order valence-electron chi connectivity index (χ3n) is 9.13. The maximum Gasteiger partial charge on any atom is 0.158 e. The molecule has 47 heavy (non-hydrogen) atoms. The van der Waals surface area contributed by atoms with Crippen LogP contribution >= 0.6 is 0 Å². The summed E-state index contributed by atoms with van der Waals surface area (Å²) in [4.78, 5) is 0. The predicted octanol–water partition coefficient (Wildman–Crippen LogP) is 2.01. The van der Waals surface area contributed by atoms with Gasteiger partial charge in [0.15, 0.2) is 37.2 Å². The van der Waals surface area contributed by atoms with E-state index in [1.165, 1.54) is 0 Å². The molecule has 12 atom stereocenters. The molecule has 3 N–H and O–H groups in total. The normalized spacial score (nSPS) is 38.9. The first-order chi connectivity index (χ1) is 22.9. The average molecular weight is 679 g/mol. The molecule has 5 aliphatic rings. The molecule has 5 aliphatic heterocycles. The second-order valence-corrected chi connectivity index (χ2v) is 12.7. The lowest BCUT2D eigenvalue weighted by Crippen LogP contribution is -2.43. The number of rotatable bonds is 15. The molecule has 5 heterocycles. The zero-order chi connectivity index (χ0) is 33.0. The van der Waals surface area contributed by atoms with E-state index in [-0.39, 0.29) is 68.9 Å². The van der Waals surface area contributed by atoms with E-state index in [0.717, 1.165) is 38.4 Å². The first-order valence-corrected chi connectivity index (χ1v) is 17.0. The van der Waals surface area contributed by atoms with Gasteiger partial charge in [-0.05, 0) is 32.1 Å². The fraction of sp³-hybridized carbons (Fsp3) is 0.938. The summed E-state index contributed by atoms with van der Waals surface area (Å²) >= 11 is 0. The van der Waals surface area contributed by atoms with Crippen molar-refractivity contribution >= 4 is 0 Å². The van der Waals surface area contributed by atoms with Crippen molar-refractivity contribution in [3.8, 4) is 0 Å². The third-order valence-corrected chi connectivity index (χ3v) is 9.13. The predicted molar refractivity (Wildman–Crippen MR) is 161 cm³/mol. The molecular weight excluding hydrogens is 624 g/mol. The molecule has 5 saturated heterocycles. The number of aliphatic hydroxyl groups is 3. The van der Waals surface area contributed by atoms with Crippen LogP contribution in [0.1, 0.15) is 64.2 Å². The topological polar surface area (TPSA) is 171 Å². The molecule has 0 aromatic carbocycles. The molecule has 15 heteroatoms. The van der Waals surface area contributed by atoms with Crippen molar-refractivity contribution in [1.29, 1.82) is 0 Å². The maximum atomic E-state index is 10.6. The Morgan fingerprint density at radius 3 is 1.43 bits per heavy atom. The Labute approximate surface area is 276 Å². The fourth-order valence-corrected chi connectivity index (χ4v) is 6.23. The number of hydrogen-bond acceptors (Lipinski definition) is 15. The first kappa shape index (κ1) is 37.1. The Bertz CT molecular complexity index is 885. The minimum absolute atomic E-state index is 0.0348. The van der Waals surface area contributed by atoms with Crippen LogP contribution in [0, 0.1) is 0 Å². The van der Waals surface area contributed by atoms with Crippen LogP contribution in [0.4, 0.5) is 0 Å². The summed E-state index contributed by atoms with van der Waals surface area (Å²) in [6.45, 7) is 1.44. The van der Waals surface area contributed by atoms with Crippen LogP contribution in [0.3, 0.4) is 0 Å². The zero-order valence-electron chi connectivity index (χ0n) is 27.6. The van der Waals surface area contributed by atoms with Gasteiger partial charge in [0.25, 0.3) is 0 Å². The van der Waals surface area contributed by atoms with Gasteiger partial charge in [0.2, 0.25) is 0 Å². The van der Waals surface area contributed by atoms with Crippen LogP contribution in [-0.2, 0) is 56.8 Å². The van der Waals surface area contributed by atoms with E-state index >= 15 is 0 Å². The highest BCUT2D eigenvalue weighted by Gasteiger charge is 2.34. The van der Waals surface area contributed by atoms with Gasteiger partial charge in [-0.3, -0.25) is 0 Å². The quantitative estimate of drug-likeness (QED) is 0.215. The van der Waals surface area contributed by atoms with Crippen molar-refractivity contribution in [3.63, 3.8) is 0 Å². The molecule has 0 bridgehead atoms. The molecule has 0 saturated carbocycles. The van der Waals surface area contributed by atoms with Crippen molar-refractivity contribution in [2.45, 2.75) is 138 Å². The highest BCUT2D eigenvalue weighted by molar-refractivity contribution is 4.98. The maximum absolute atomic E-state index is 10.6. The molecule has 15 nitrogen and oxygen atoms in total. The molecule has 12 unspecified atom stereocenters. The second-order valence-electron chi connectivity index (χ2n) is 12.7. The van der Waals surface area contributed by atoms with Gasteiger partial charge in [-0.2, -0.15) is 0 Å². The number of ether oxygens (including phenoxy) is 12. The van der Waals surface area contributed by atoms with Crippen molar-refractivity contribution in [3.05, 3.63) is 12.0 Å². The second kappa shape index (κ2) is 19.3. The lowest BCUT2D eigenvalue weighted by atomic mass is 10.1. The van der Waals surface area contributed by atoms with Crippen LogP contribution in [0.2, 0.25) is 0 Å². The van der Waals surface area contributed by atoms with Crippen molar-refractivity contribution < 1.29 is 72.2 Å². The van der Waals surface area contributed by atoms with Gasteiger partial charge in [-0.15, -0.1) is 0 Å². The number of aliphatic hydroxyl groups excluding tert-OH is 3. The van der Waals surface area contributed by atoms with Crippen LogP contribution < -0.4 is 0 Å². The van der Waals surface area contributed by atoms with E-state index < -0.39 is 30.9 Å². The number of hydrogen-bond donors (Lipinski definition) is 3. The number of methoxy groups -OCH3 is 2. The molecule has 5 fully saturated rings. The molecule has 0 spiro atoms. The SMILES string of the molecule is COC1CCC(OC2CCC(OC3CCC(OC(CO)C(O)/C(O)=C\OC4CCC(OC5CCC(OC)OC5)OC4)OC3)OC2)OC1. The third kappa shape index (κ3) is 11.7. The average Bonchev–Trinajstić information content (AvgIpc) is 3.12. The minimum atomic E-state index is -1.51. The zero-order valence-corrected chi connectivity index (χ0v) is 27.6. The largest absolute Gasteiger partial charge is 0.506 e. The molecule has 0 aromatic heterocycles. The minimum Gasteiger partial charge on any atom is -0.506 e. The molecule has 0 radical (unpaired) electrons. The van der Waals surface area contributed by atoms with E-state index in [0.29, 0.717) is 51.9 Å². The smallest absolute Gasteiger partial charge is 0.158 e. The van der Waals surface area contributed by atoms with Gasteiger partial charge >= 0.3 is 0 Å². The van der Waals surface area contributed by atoms with Crippen molar-refractivity contribution in [1.82, 2.24) is 0 Å². The summed E-state index contributed by atoms with van der Waals surface area (Å²) in [5, 5.41) is 31.0. The van der Waals surface area contributed by atoms with Crippen molar-refractivity contribution in [2.24, 2.45) is 0 Å². The molecule has 0 aromatic rings. The summed E-state index contributed by atoms with van der Waals surface area (Å²) in [5.41, 5.74) is 0. The van der Waals surface area contributed by atoms with E-state index in [2.05, 4.69) is 0 Å². The van der Waals surface area contributed by atoms with Gasteiger partial charge in [0.1, 0.15) is 24.6 Å². The van der Waals surface area contributed by atoms with E-state index in [9.17, 15) is 15.3 Å². The fourth-order valence-electron chi connectivity index (χ4n) is 6.23.